The van der Waals surface area contributed by atoms with Crippen molar-refractivity contribution in [2.24, 2.45) is 0 Å². The van der Waals surface area contributed by atoms with E-state index < -0.39 is 0 Å². The molecule has 0 saturated carbocycles. The molecule has 0 atom stereocenters. The van der Waals surface area contributed by atoms with Crippen molar-refractivity contribution in [2.45, 2.75) is 0 Å². The molecule has 0 fully saturated rings. The maximum Gasteiger partial charge on any atom is 0.266 e. The Morgan fingerprint density at radius 2 is 1.64 bits per heavy atom. The second-order valence-corrected chi connectivity index (χ2v) is 8.59. The van der Waals surface area contributed by atoms with Crippen molar-refractivity contribution >= 4 is 34.6 Å². The molecule has 1 N–H and O–H groups in total. The SMILES string of the molecule is COc1ccc(C(=O)Nc2cccc(-n3c(/C=C/c4ccc(F)cc4)nc4ccccc4c3=O)c2)cc1OC. The Morgan fingerprint density at radius 3 is 2.41 bits per heavy atom. The summed E-state index contributed by atoms with van der Waals surface area (Å²) in [6.45, 7) is 0. The van der Waals surface area contributed by atoms with Crippen LogP contribution in [0, 0.1) is 5.82 Å². The highest BCUT2D eigenvalue weighted by Gasteiger charge is 2.14. The van der Waals surface area contributed by atoms with Crippen LogP contribution in [0.25, 0.3) is 28.7 Å². The van der Waals surface area contributed by atoms with Gasteiger partial charge in [0.25, 0.3) is 11.5 Å². The first kappa shape index (κ1) is 25.4. The number of nitrogens with zero attached hydrogens (tertiary/aromatic N) is 2. The van der Waals surface area contributed by atoms with Crippen molar-refractivity contribution in [3.63, 3.8) is 0 Å². The molecule has 4 aromatic carbocycles. The molecule has 0 aliphatic carbocycles. The Kier molecular flexibility index (Phi) is 7.18. The van der Waals surface area contributed by atoms with Crippen LogP contribution in [0.3, 0.4) is 0 Å². The molecule has 0 spiro atoms. The van der Waals surface area contributed by atoms with Crippen molar-refractivity contribution in [1.82, 2.24) is 9.55 Å². The fourth-order valence-corrected chi connectivity index (χ4v) is 4.16. The lowest BCUT2D eigenvalue weighted by Gasteiger charge is -2.14. The Morgan fingerprint density at radius 1 is 0.872 bits per heavy atom. The summed E-state index contributed by atoms with van der Waals surface area (Å²) in [5, 5.41) is 3.33. The zero-order chi connectivity index (χ0) is 27.4. The summed E-state index contributed by atoms with van der Waals surface area (Å²) < 4.78 is 25.4. The fourth-order valence-electron chi connectivity index (χ4n) is 4.16. The van der Waals surface area contributed by atoms with Crippen LogP contribution in [0.4, 0.5) is 10.1 Å². The minimum absolute atomic E-state index is 0.261. The average Bonchev–Trinajstić information content (AvgIpc) is 2.96. The van der Waals surface area contributed by atoms with E-state index in [9.17, 15) is 14.0 Å². The first-order valence-corrected chi connectivity index (χ1v) is 12.1. The molecule has 1 aromatic heterocycles. The number of fused-ring (bicyclic) bond motifs is 1. The molecule has 0 saturated heterocycles. The molecule has 5 aromatic rings. The van der Waals surface area contributed by atoms with Crippen LogP contribution in [0.1, 0.15) is 21.7 Å². The van der Waals surface area contributed by atoms with Crippen molar-refractivity contribution in [2.75, 3.05) is 19.5 Å². The molecule has 39 heavy (non-hydrogen) atoms. The van der Waals surface area contributed by atoms with Crippen LogP contribution >= 0.6 is 0 Å². The van der Waals surface area contributed by atoms with Gasteiger partial charge in [-0.2, -0.15) is 0 Å². The lowest BCUT2D eigenvalue weighted by molar-refractivity contribution is 0.102. The molecule has 0 radical (unpaired) electrons. The number of para-hydroxylation sites is 1. The van der Waals surface area contributed by atoms with Gasteiger partial charge in [0.05, 0.1) is 30.8 Å². The van der Waals surface area contributed by atoms with Gasteiger partial charge in [0.1, 0.15) is 11.6 Å². The van der Waals surface area contributed by atoms with E-state index in [1.807, 2.05) is 6.07 Å². The number of rotatable bonds is 7. The number of hydrogen-bond donors (Lipinski definition) is 1. The zero-order valence-electron chi connectivity index (χ0n) is 21.2. The third-order valence-electron chi connectivity index (χ3n) is 6.10. The summed E-state index contributed by atoms with van der Waals surface area (Å²) in [5.41, 5.74) is 2.42. The Labute approximate surface area is 223 Å². The van der Waals surface area contributed by atoms with Crippen molar-refractivity contribution in [3.8, 4) is 17.2 Å². The van der Waals surface area contributed by atoms with Gasteiger partial charge in [0.15, 0.2) is 11.5 Å². The van der Waals surface area contributed by atoms with E-state index in [1.54, 1.807) is 84.9 Å². The van der Waals surface area contributed by atoms with Gasteiger partial charge in [-0.15, -0.1) is 0 Å². The van der Waals surface area contributed by atoms with Crippen LogP contribution in [0.5, 0.6) is 11.5 Å². The monoisotopic (exact) mass is 521 g/mol. The van der Waals surface area contributed by atoms with E-state index in [2.05, 4.69) is 5.32 Å². The predicted octanol–water partition coefficient (Wildman–Crippen LogP) is 5.96. The maximum atomic E-state index is 13.6. The average molecular weight is 522 g/mol. The summed E-state index contributed by atoms with van der Waals surface area (Å²) in [7, 11) is 3.02. The van der Waals surface area contributed by atoms with E-state index in [1.165, 1.54) is 30.9 Å². The molecule has 8 heteroatoms. The minimum atomic E-state index is -0.353. The number of aromatic nitrogens is 2. The van der Waals surface area contributed by atoms with E-state index in [-0.39, 0.29) is 17.3 Å². The van der Waals surface area contributed by atoms with E-state index in [0.717, 1.165) is 5.56 Å². The van der Waals surface area contributed by atoms with Crippen LogP contribution in [0.15, 0.2) is 95.8 Å². The standard InChI is InChI=1S/C31H24FN3O4/c1-38-27-16-13-21(18-28(27)39-2)30(36)33-23-6-5-7-24(19-23)35-29(17-12-20-10-14-22(32)15-11-20)34-26-9-4-3-8-25(26)31(35)37/h3-19H,1-2H3,(H,33,36)/b17-12+. The lowest BCUT2D eigenvalue weighted by atomic mass is 10.1. The van der Waals surface area contributed by atoms with Gasteiger partial charge >= 0.3 is 0 Å². The first-order chi connectivity index (χ1) is 19.0. The number of anilines is 1. The number of carbonyl (C=O) groups excluding carboxylic acids is 1. The lowest BCUT2D eigenvalue weighted by Crippen LogP contribution is -2.22. The normalized spacial score (nSPS) is 11.1. The van der Waals surface area contributed by atoms with Gasteiger partial charge in [-0.3, -0.25) is 14.2 Å². The van der Waals surface area contributed by atoms with E-state index >= 15 is 0 Å². The molecule has 0 unspecified atom stereocenters. The van der Waals surface area contributed by atoms with Gasteiger partial charge < -0.3 is 14.8 Å². The van der Waals surface area contributed by atoms with Crippen LogP contribution < -0.4 is 20.3 Å². The number of ether oxygens (including phenoxy) is 2. The molecule has 1 amide bonds. The molecular weight excluding hydrogens is 497 g/mol. The highest BCUT2D eigenvalue weighted by molar-refractivity contribution is 6.04. The highest BCUT2D eigenvalue weighted by Crippen LogP contribution is 2.28. The molecule has 1 heterocycles. The maximum absolute atomic E-state index is 13.6. The summed E-state index contributed by atoms with van der Waals surface area (Å²) in [6.07, 6.45) is 3.46. The van der Waals surface area contributed by atoms with E-state index in [0.29, 0.717) is 45.2 Å². The molecule has 5 rings (SSSR count). The molecule has 0 bridgehead atoms. The Hall–Kier alpha value is -5.24. The van der Waals surface area contributed by atoms with Crippen LogP contribution in [-0.4, -0.2) is 29.7 Å². The van der Waals surface area contributed by atoms with Crippen LogP contribution in [0.2, 0.25) is 0 Å². The third kappa shape index (κ3) is 5.40. The van der Waals surface area contributed by atoms with Crippen molar-refractivity contribution in [1.29, 1.82) is 0 Å². The molecule has 194 valence electrons. The topological polar surface area (TPSA) is 82.5 Å². The second-order valence-electron chi connectivity index (χ2n) is 8.59. The largest absolute Gasteiger partial charge is 0.493 e. The summed E-state index contributed by atoms with van der Waals surface area (Å²) >= 11 is 0. The van der Waals surface area contributed by atoms with Gasteiger partial charge in [-0.05, 0) is 72.3 Å². The number of methoxy groups -OCH3 is 2. The van der Waals surface area contributed by atoms with Gasteiger partial charge in [0.2, 0.25) is 0 Å². The Bertz CT molecular complexity index is 1760. The number of nitrogens with one attached hydrogen (secondary N) is 1. The van der Waals surface area contributed by atoms with Crippen molar-refractivity contribution < 1.29 is 18.7 Å². The summed E-state index contributed by atoms with van der Waals surface area (Å²) in [6, 6.07) is 24.9. The quantitative estimate of drug-likeness (QED) is 0.286. The summed E-state index contributed by atoms with van der Waals surface area (Å²) in [5.74, 6) is 0.644. The van der Waals surface area contributed by atoms with Gasteiger partial charge in [0, 0.05) is 11.3 Å². The number of hydrogen-bond acceptors (Lipinski definition) is 5. The minimum Gasteiger partial charge on any atom is -0.493 e. The molecule has 0 aliphatic heterocycles. The summed E-state index contributed by atoms with van der Waals surface area (Å²) in [4.78, 5) is 31.3. The zero-order valence-corrected chi connectivity index (χ0v) is 21.2. The fraction of sp³-hybridized carbons (Fsp3) is 0.0645. The highest BCUT2D eigenvalue weighted by atomic mass is 19.1. The van der Waals surface area contributed by atoms with Crippen LogP contribution in [-0.2, 0) is 0 Å². The number of halogens is 1. The number of benzene rings is 4. The van der Waals surface area contributed by atoms with Gasteiger partial charge in [-0.1, -0.05) is 36.4 Å². The van der Waals surface area contributed by atoms with E-state index in [4.69, 9.17) is 14.5 Å². The number of carbonyl (C=O) groups is 1. The Balaban J connectivity index is 1.54. The number of amides is 1. The second kappa shape index (κ2) is 11.0. The molecular formula is C31H24FN3O4. The smallest absolute Gasteiger partial charge is 0.266 e. The molecule has 0 aliphatic rings. The third-order valence-corrected chi connectivity index (χ3v) is 6.10. The predicted molar refractivity (Wildman–Crippen MR) is 150 cm³/mol. The first-order valence-electron chi connectivity index (χ1n) is 12.1. The van der Waals surface area contributed by atoms with Gasteiger partial charge in [-0.25, -0.2) is 9.37 Å². The van der Waals surface area contributed by atoms with Crippen molar-refractivity contribution in [3.05, 3.63) is 124 Å². The molecule has 7 nitrogen and oxygen atoms in total.